The van der Waals surface area contributed by atoms with Crippen LogP contribution >= 0.6 is 0 Å². The highest BCUT2D eigenvalue weighted by atomic mass is 16.5. The van der Waals surface area contributed by atoms with Gasteiger partial charge in [0.2, 0.25) is 0 Å². The molecule has 0 amide bonds. The first-order chi connectivity index (χ1) is 6.77. The molecule has 4 nitrogen and oxygen atoms in total. The van der Waals surface area contributed by atoms with Crippen molar-refractivity contribution in [1.82, 2.24) is 15.5 Å². The molecule has 1 aliphatic rings. The van der Waals surface area contributed by atoms with E-state index in [1.807, 2.05) is 13.1 Å². The molecule has 78 valence electrons. The second-order valence-electron chi connectivity index (χ2n) is 3.90. The molecule has 0 bridgehead atoms. The molecule has 1 aromatic heterocycles. The van der Waals surface area contributed by atoms with Gasteiger partial charge < -0.3 is 10.1 Å². The first-order valence-corrected chi connectivity index (χ1v) is 5.11. The lowest BCUT2D eigenvalue weighted by molar-refractivity contribution is 0.188. The fourth-order valence-electron chi connectivity index (χ4n) is 1.91. The molecule has 0 radical (unpaired) electrons. The average Bonchev–Trinajstić information content (AvgIpc) is 2.75. The van der Waals surface area contributed by atoms with Crippen molar-refractivity contribution in [2.75, 3.05) is 13.2 Å². The van der Waals surface area contributed by atoms with E-state index in [0.717, 1.165) is 25.3 Å². The van der Waals surface area contributed by atoms with Gasteiger partial charge in [-0.25, -0.2) is 0 Å². The Kier molecular flexibility index (Phi) is 2.84. The van der Waals surface area contributed by atoms with Crippen molar-refractivity contribution in [3.8, 4) is 0 Å². The number of aryl methyl sites for hydroxylation is 1. The van der Waals surface area contributed by atoms with Gasteiger partial charge in [0.25, 0.3) is 0 Å². The molecule has 1 aromatic rings. The average molecular weight is 195 g/mol. The zero-order valence-electron chi connectivity index (χ0n) is 8.71. The maximum atomic E-state index is 5.32. The molecule has 1 fully saturated rings. The minimum atomic E-state index is 0.348. The molecule has 0 aromatic carbocycles. The van der Waals surface area contributed by atoms with E-state index >= 15 is 0 Å². The minimum Gasteiger partial charge on any atom is -0.380 e. The third-order valence-corrected chi connectivity index (χ3v) is 2.75. The van der Waals surface area contributed by atoms with Crippen molar-refractivity contribution in [3.63, 3.8) is 0 Å². The van der Waals surface area contributed by atoms with Gasteiger partial charge in [-0.15, -0.1) is 0 Å². The van der Waals surface area contributed by atoms with E-state index in [1.165, 1.54) is 5.56 Å². The number of rotatable bonds is 3. The van der Waals surface area contributed by atoms with Gasteiger partial charge in [0.1, 0.15) is 0 Å². The summed E-state index contributed by atoms with van der Waals surface area (Å²) in [7, 11) is 0. The van der Waals surface area contributed by atoms with Crippen molar-refractivity contribution < 1.29 is 4.74 Å². The second kappa shape index (κ2) is 4.11. The summed E-state index contributed by atoms with van der Waals surface area (Å²) in [4.78, 5) is 0. The van der Waals surface area contributed by atoms with Crippen molar-refractivity contribution in [2.24, 2.45) is 0 Å². The van der Waals surface area contributed by atoms with Gasteiger partial charge in [-0.1, -0.05) is 0 Å². The number of ether oxygens (including phenoxy) is 1. The van der Waals surface area contributed by atoms with Gasteiger partial charge in [0.05, 0.1) is 12.8 Å². The monoisotopic (exact) mass is 195 g/mol. The zero-order chi connectivity index (χ0) is 9.97. The third-order valence-electron chi connectivity index (χ3n) is 2.75. The molecular weight excluding hydrogens is 178 g/mol. The maximum Gasteiger partial charge on any atom is 0.0620 e. The van der Waals surface area contributed by atoms with Crippen LogP contribution in [0, 0.1) is 6.92 Å². The number of nitrogens with one attached hydrogen (secondary N) is 2. The van der Waals surface area contributed by atoms with Crippen molar-refractivity contribution in [3.05, 3.63) is 17.5 Å². The molecule has 0 saturated carbocycles. The lowest BCUT2D eigenvalue weighted by Gasteiger charge is -2.17. The molecule has 2 N–H and O–H groups in total. The van der Waals surface area contributed by atoms with E-state index in [1.54, 1.807) is 0 Å². The van der Waals surface area contributed by atoms with Gasteiger partial charge in [-0.2, -0.15) is 5.10 Å². The molecule has 2 heterocycles. The zero-order valence-corrected chi connectivity index (χ0v) is 8.71. The highest BCUT2D eigenvalue weighted by molar-refractivity contribution is 5.18. The second-order valence-corrected chi connectivity index (χ2v) is 3.90. The predicted octanol–water partition coefficient (Wildman–Crippen LogP) is 1.16. The van der Waals surface area contributed by atoms with Crippen LogP contribution in [0.1, 0.15) is 30.6 Å². The fourth-order valence-corrected chi connectivity index (χ4v) is 1.91. The van der Waals surface area contributed by atoms with Gasteiger partial charge >= 0.3 is 0 Å². The molecule has 1 saturated heterocycles. The number of aromatic amines is 1. The van der Waals surface area contributed by atoms with Crippen LogP contribution in [0.4, 0.5) is 0 Å². The number of H-pyrrole nitrogens is 1. The number of nitrogens with zero attached hydrogens (tertiary/aromatic N) is 1. The molecule has 0 aliphatic carbocycles. The first-order valence-electron chi connectivity index (χ1n) is 5.11. The van der Waals surface area contributed by atoms with Crippen molar-refractivity contribution in [2.45, 2.75) is 32.4 Å². The largest absolute Gasteiger partial charge is 0.380 e. The Bertz CT molecular complexity index is 291. The molecule has 2 unspecified atom stereocenters. The van der Waals surface area contributed by atoms with Crippen LogP contribution in [0.25, 0.3) is 0 Å². The van der Waals surface area contributed by atoms with E-state index in [-0.39, 0.29) is 0 Å². The number of hydrogen-bond acceptors (Lipinski definition) is 3. The van der Waals surface area contributed by atoms with E-state index in [2.05, 4.69) is 22.4 Å². The van der Waals surface area contributed by atoms with Gasteiger partial charge in [0.15, 0.2) is 0 Å². The van der Waals surface area contributed by atoms with Crippen LogP contribution in [0.2, 0.25) is 0 Å². The summed E-state index contributed by atoms with van der Waals surface area (Å²) >= 11 is 0. The molecule has 2 atom stereocenters. The van der Waals surface area contributed by atoms with Crippen LogP contribution in [0.15, 0.2) is 6.20 Å². The first kappa shape index (κ1) is 9.68. The van der Waals surface area contributed by atoms with E-state index in [9.17, 15) is 0 Å². The minimum absolute atomic E-state index is 0.348. The maximum absolute atomic E-state index is 5.32. The number of hydrogen-bond donors (Lipinski definition) is 2. The summed E-state index contributed by atoms with van der Waals surface area (Å²) in [5, 5.41) is 10.5. The van der Waals surface area contributed by atoms with Crippen LogP contribution in [0.3, 0.4) is 0 Å². The molecular formula is C10H17N3O. The number of aromatic nitrogens is 2. The normalized spacial score (nSPS) is 24.0. The van der Waals surface area contributed by atoms with E-state index in [4.69, 9.17) is 4.74 Å². The highest BCUT2D eigenvalue weighted by Gasteiger charge is 2.19. The van der Waals surface area contributed by atoms with E-state index < -0.39 is 0 Å². The highest BCUT2D eigenvalue weighted by Crippen LogP contribution is 2.16. The smallest absolute Gasteiger partial charge is 0.0620 e. The summed E-state index contributed by atoms with van der Waals surface area (Å²) in [6.07, 6.45) is 3.00. The third kappa shape index (κ3) is 1.96. The van der Waals surface area contributed by atoms with E-state index in [0.29, 0.717) is 12.1 Å². The summed E-state index contributed by atoms with van der Waals surface area (Å²) in [6.45, 7) is 5.93. The molecule has 2 rings (SSSR count). The Morgan fingerprint density at radius 2 is 2.57 bits per heavy atom. The Balaban J connectivity index is 1.95. The van der Waals surface area contributed by atoms with Crippen molar-refractivity contribution >= 4 is 0 Å². The molecule has 1 aliphatic heterocycles. The molecule has 0 spiro atoms. The van der Waals surface area contributed by atoms with Crippen LogP contribution in [-0.2, 0) is 4.74 Å². The lowest BCUT2D eigenvalue weighted by Crippen LogP contribution is -2.31. The van der Waals surface area contributed by atoms with Gasteiger partial charge in [-0.3, -0.25) is 5.10 Å². The summed E-state index contributed by atoms with van der Waals surface area (Å²) in [6, 6.07) is 0.847. The predicted molar refractivity (Wildman–Crippen MR) is 54.1 cm³/mol. The van der Waals surface area contributed by atoms with Crippen molar-refractivity contribution in [1.29, 1.82) is 0 Å². The summed E-state index contributed by atoms with van der Waals surface area (Å²) in [5.41, 5.74) is 2.39. The fraction of sp³-hybridized carbons (Fsp3) is 0.700. The van der Waals surface area contributed by atoms with Crippen LogP contribution in [-0.4, -0.2) is 29.5 Å². The molecule has 4 heteroatoms. The Hall–Kier alpha value is -0.870. The van der Waals surface area contributed by atoms with Crippen LogP contribution < -0.4 is 5.32 Å². The van der Waals surface area contributed by atoms with Gasteiger partial charge in [-0.05, 0) is 20.3 Å². The standard InChI is InChI=1S/C10H17N3O/c1-7(10-5-11-13-8(10)2)12-9-3-4-14-6-9/h5,7,9,12H,3-4,6H2,1-2H3,(H,11,13). The van der Waals surface area contributed by atoms with Gasteiger partial charge in [0, 0.05) is 29.9 Å². The summed E-state index contributed by atoms with van der Waals surface area (Å²) in [5.74, 6) is 0. The lowest BCUT2D eigenvalue weighted by atomic mass is 10.1. The molecule has 14 heavy (non-hydrogen) atoms. The topological polar surface area (TPSA) is 49.9 Å². The Morgan fingerprint density at radius 3 is 3.14 bits per heavy atom. The SMILES string of the molecule is Cc1[nH]ncc1C(C)NC1CCOC1. The quantitative estimate of drug-likeness (QED) is 0.761. The Morgan fingerprint density at radius 1 is 1.71 bits per heavy atom. The summed E-state index contributed by atoms with van der Waals surface area (Å²) < 4.78 is 5.32. The Labute approximate surface area is 84.0 Å². The van der Waals surface area contributed by atoms with Crippen LogP contribution in [0.5, 0.6) is 0 Å².